The number of piperidine rings is 1. The molecule has 2 rings (SSSR count). The molecular formula is C20H32N2O4. The van der Waals surface area contributed by atoms with Gasteiger partial charge in [-0.1, -0.05) is 0 Å². The van der Waals surface area contributed by atoms with Crippen molar-refractivity contribution >= 4 is 5.91 Å². The summed E-state index contributed by atoms with van der Waals surface area (Å²) in [6, 6.07) is 5.77. The minimum Gasteiger partial charge on any atom is -0.493 e. The molecular weight excluding hydrogens is 332 g/mol. The highest BCUT2D eigenvalue weighted by molar-refractivity contribution is 5.95. The maximum absolute atomic E-state index is 13.2. The molecule has 6 nitrogen and oxygen atoms in total. The first-order valence-corrected chi connectivity index (χ1v) is 9.41. The van der Waals surface area contributed by atoms with Gasteiger partial charge in [0.15, 0.2) is 11.5 Å². The van der Waals surface area contributed by atoms with Crippen LogP contribution < -0.4 is 14.8 Å². The van der Waals surface area contributed by atoms with Gasteiger partial charge in [0.2, 0.25) is 0 Å². The second kappa shape index (κ2) is 10.4. The van der Waals surface area contributed by atoms with Crippen molar-refractivity contribution in [1.29, 1.82) is 0 Å². The Hall–Kier alpha value is -1.79. The molecule has 0 aliphatic carbocycles. The first-order valence-electron chi connectivity index (χ1n) is 9.41. The Morgan fingerprint density at radius 2 is 2.08 bits per heavy atom. The van der Waals surface area contributed by atoms with Crippen molar-refractivity contribution in [2.24, 2.45) is 0 Å². The second-order valence-corrected chi connectivity index (χ2v) is 6.87. The van der Waals surface area contributed by atoms with Gasteiger partial charge in [-0.05, 0) is 51.4 Å². The molecule has 0 unspecified atom stereocenters. The number of amides is 1. The minimum atomic E-state index is 0.0399. The van der Waals surface area contributed by atoms with Crippen LogP contribution in [0.3, 0.4) is 0 Å². The fraction of sp³-hybridized carbons (Fsp3) is 0.650. The van der Waals surface area contributed by atoms with Crippen molar-refractivity contribution in [3.8, 4) is 11.5 Å². The summed E-state index contributed by atoms with van der Waals surface area (Å²) >= 11 is 0. The van der Waals surface area contributed by atoms with E-state index in [9.17, 15) is 4.79 Å². The summed E-state index contributed by atoms with van der Waals surface area (Å²) < 4.78 is 16.2. The van der Waals surface area contributed by atoms with E-state index in [2.05, 4.69) is 19.2 Å². The van der Waals surface area contributed by atoms with Gasteiger partial charge in [-0.3, -0.25) is 4.79 Å². The molecule has 1 atom stereocenters. The van der Waals surface area contributed by atoms with Gasteiger partial charge < -0.3 is 24.4 Å². The summed E-state index contributed by atoms with van der Waals surface area (Å²) in [4.78, 5) is 15.2. The van der Waals surface area contributed by atoms with Crippen LogP contribution in [-0.2, 0) is 4.74 Å². The van der Waals surface area contributed by atoms with E-state index in [1.54, 1.807) is 26.4 Å². The molecule has 0 spiro atoms. The molecule has 1 aromatic rings. The number of nitrogens with one attached hydrogen (secondary N) is 1. The van der Waals surface area contributed by atoms with Gasteiger partial charge in [-0.2, -0.15) is 0 Å². The van der Waals surface area contributed by atoms with Gasteiger partial charge in [-0.25, -0.2) is 0 Å². The van der Waals surface area contributed by atoms with Crippen LogP contribution in [0.4, 0.5) is 0 Å². The summed E-state index contributed by atoms with van der Waals surface area (Å²) in [6.45, 7) is 7.16. The predicted molar refractivity (Wildman–Crippen MR) is 102 cm³/mol. The fourth-order valence-electron chi connectivity index (χ4n) is 3.35. The molecule has 146 valence electrons. The summed E-state index contributed by atoms with van der Waals surface area (Å²) in [6.07, 6.45) is 2.91. The lowest BCUT2D eigenvalue weighted by atomic mass is 10.0. The van der Waals surface area contributed by atoms with Crippen molar-refractivity contribution in [3.05, 3.63) is 23.8 Å². The standard InChI is InChI=1S/C20H32N2O4/c1-15(2)22(17-7-5-10-21-14-17)20(23)16-8-9-18(25-4)19(13-16)26-12-6-11-24-3/h8-9,13,15,17,21H,5-7,10-12,14H2,1-4H3/t17-/m0/s1. The monoisotopic (exact) mass is 364 g/mol. The molecule has 0 bridgehead atoms. The van der Waals surface area contributed by atoms with E-state index in [1.165, 1.54) is 0 Å². The Morgan fingerprint density at radius 1 is 1.27 bits per heavy atom. The number of methoxy groups -OCH3 is 2. The van der Waals surface area contributed by atoms with Crippen LogP contribution in [0, 0.1) is 0 Å². The number of ether oxygens (including phenoxy) is 3. The number of nitrogens with zero attached hydrogens (tertiary/aromatic N) is 1. The molecule has 1 fully saturated rings. The molecule has 26 heavy (non-hydrogen) atoms. The molecule has 6 heteroatoms. The van der Waals surface area contributed by atoms with Gasteiger partial charge in [0.25, 0.3) is 5.91 Å². The van der Waals surface area contributed by atoms with E-state index in [4.69, 9.17) is 14.2 Å². The average Bonchev–Trinajstić information content (AvgIpc) is 2.65. The first-order chi connectivity index (χ1) is 12.6. The maximum Gasteiger partial charge on any atom is 0.254 e. The van der Waals surface area contributed by atoms with Crippen LogP contribution >= 0.6 is 0 Å². The number of rotatable bonds is 9. The fourth-order valence-corrected chi connectivity index (χ4v) is 3.35. The summed E-state index contributed by atoms with van der Waals surface area (Å²) in [5.74, 6) is 1.27. The number of carbonyl (C=O) groups is 1. The molecule has 1 saturated heterocycles. The van der Waals surface area contributed by atoms with Crippen molar-refractivity contribution in [2.45, 2.75) is 45.2 Å². The van der Waals surface area contributed by atoms with E-state index in [-0.39, 0.29) is 18.0 Å². The number of carbonyl (C=O) groups excluding carboxylic acids is 1. The van der Waals surface area contributed by atoms with Gasteiger partial charge in [-0.15, -0.1) is 0 Å². The molecule has 1 amide bonds. The predicted octanol–water partition coefficient (Wildman–Crippen LogP) is 2.71. The maximum atomic E-state index is 13.2. The molecule has 0 aromatic heterocycles. The highest BCUT2D eigenvalue weighted by atomic mass is 16.5. The first kappa shape index (κ1) is 20.5. The van der Waals surface area contributed by atoms with Gasteiger partial charge >= 0.3 is 0 Å². The van der Waals surface area contributed by atoms with E-state index in [0.717, 1.165) is 32.4 Å². The summed E-state index contributed by atoms with van der Waals surface area (Å²) in [7, 11) is 3.27. The Kier molecular flexibility index (Phi) is 8.19. The smallest absolute Gasteiger partial charge is 0.254 e. The molecule has 0 radical (unpaired) electrons. The quantitative estimate of drug-likeness (QED) is 0.683. The van der Waals surface area contributed by atoms with Crippen LogP contribution in [0.5, 0.6) is 11.5 Å². The average molecular weight is 364 g/mol. The lowest BCUT2D eigenvalue weighted by molar-refractivity contribution is 0.0573. The highest BCUT2D eigenvalue weighted by Crippen LogP contribution is 2.29. The Bertz CT molecular complexity index is 571. The van der Waals surface area contributed by atoms with Crippen molar-refractivity contribution < 1.29 is 19.0 Å². The third-order valence-electron chi connectivity index (χ3n) is 4.62. The van der Waals surface area contributed by atoms with Gasteiger partial charge in [0.05, 0.1) is 13.7 Å². The number of hydrogen-bond donors (Lipinski definition) is 1. The molecule has 0 saturated carbocycles. The molecule has 1 heterocycles. The zero-order valence-corrected chi connectivity index (χ0v) is 16.4. The third kappa shape index (κ3) is 5.35. The largest absolute Gasteiger partial charge is 0.493 e. The lowest BCUT2D eigenvalue weighted by Gasteiger charge is -2.37. The zero-order valence-electron chi connectivity index (χ0n) is 16.4. The number of hydrogen-bond acceptors (Lipinski definition) is 5. The van der Waals surface area contributed by atoms with Crippen LogP contribution in [0.15, 0.2) is 18.2 Å². The van der Waals surface area contributed by atoms with Crippen molar-refractivity contribution in [1.82, 2.24) is 10.2 Å². The van der Waals surface area contributed by atoms with Crippen molar-refractivity contribution in [2.75, 3.05) is 40.5 Å². The molecule has 1 N–H and O–H groups in total. The van der Waals surface area contributed by atoms with Crippen LogP contribution in [0.2, 0.25) is 0 Å². The van der Waals surface area contributed by atoms with E-state index < -0.39 is 0 Å². The minimum absolute atomic E-state index is 0.0399. The molecule has 1 aliphatic heterocycles. The lowest BCUT2D eigenvalue weighted by Crippen LogP contribution is -2.51. The van der Waals surface area contributed by atoms with E-state index in [0.29, 0.717) is 30.3 Å². The Balaban J connectivity index is 2.17. The SMILES string of the molecule is COCCCOc1cc(C(=O)N(C(C)C)[C@H]2CCCNC2)ccc1OC. The van der Waals surface area contributed by atoms with E-state index >= 15 is 0 Å². The summed E-state index contributed by atoms with van der Waals surface area (Å²) in [5.41, 5.74) is 0.631. The van der Waals surface area contributed by atoms with Gasteiger partial charge in [0, 0.05) is 44.3 Å². The second-order valence-electron chi connectivity index (χ2n) is 6.87. The van der Waals surface area contributed by atoms with Crippen LogP contribution in [0.1, 0.15) is 43.5 Å². The van der Waals surface area contributed by atoms with Crippen LogP contribution in [0.25, 0.3) is 0 Å². The number of benzene rings is 1. The molecule has 1 aromatic carbocycles. The Labute approximate surface area is 156 Å². The van der Waals surface area contributed by atoms with E-state index in [1.807, 2.05) is 11.0 Å². The topological polar surface area (TPSA) is 60.0 Å². The Morgan fingerprint density at radius 3 is 2.69 bits per heavy atom. The normalized spacial score (nSPS) is 17.2. The van der Waals surface area contributed by atoms with Crippen LogP contribution in [-0.4, -0.2) is 63.4 Å². The molecule has 1 aliphatic rings. The zero-order chi connectivity index (χ0) is 18.9. The third-order valence-corrected chi connectivity index (χ3v) is 4.62. The van der Waals surface area contributed by atoms with Crippen molar-refractivity contribution in [3.63, 3.8) is 0 Å². The summed E-state index contributed by atoms with van der Waals surface area (Å²) in [5, 5.41) is 3.40. The van der Waals surface area contributed by atoms with Gasteiger partial charge in [0.1, 0.15) is 0 Å². The highest BCUT2D eigenvalue weighted by Gasteiger charge is 2.28.